The molecule has 0 fully saturated rings. The van der Waals surface area contributed by atoms with Crippen LogP contribution in [0.15, 0.2) is 41.5 Å². The lowest BCUT2D eigenvalue weighted by atomic mass is 10.0. The van der Waals surface area contributed by atoms with E-state index in [1.807, 2.05) is 17.0 Å². The minimum absolute atomic E-state index is 0.0327. The molecule has 0 saturated heterocycles. The molecule has 0 bridgehead atoms. The largest absolute Gasteiger partial charge is 0.425 e. The molecule has 7 nitrogen and oxygen atoms in total. The van der Waals surface area contributed by atoms with E-state index >= 15 is 0 Å². The molecule has 0 N–H and O–H groups in total. The lowest BCUT2D eigenvalue weighted by Gasteiger charge is -2.26. The van der Waals surface area contributed by atoms with Gasteiger partial charge in [0, 0.05) is 18.0 Å². The van der Waals surface area contributed by atoms with E-state index < -0.39 is 16.7 Å². The molecule has 0 atom stereocenters. The average Bonchev–Trinajstić information content (AvgIpc) is 3.24. The number of hydrogen-bond acceptors (Lipinski definition) is 7. The minimum Gasteiger partial charge on any atom is -0.337 e. The SMILES string of the molecule is N#Cc1ccc(C2=CCN(c3ncn(Cc4ccc(C(F)(F)F)s4)c(=O)n3)CC2)nc1Cl. The molecule has 3 aromatic heterocycles. The van der Waals surface area contributed by atoms with E-state index in [1.165, 1.54) is 17.0 Å². The van der Waals surface area contributed by atoms with Gasteiger partial charge in [0.25, 0.3) is 0 Å². The van der Waals surface area contributed by atoms with Gasteiger partial charge in [-0.3, -0.25) is 4.57 Å². The summed E-state index contributed by atoms with van der Waals surface area (Å²) in [4.78, 5) is 26.3. The maximum atomic E-state index is 12.8. The molecule has 0 unspecified atom stereocenters. The van der Waals surface area contributed by atoms with Crippen molar-refractivity contribution in [2.24, 2.45) is 0 Å². The van der Waals surface area contributed by atoms with Gasteiger partial charge in [0.2, 0.25) is 5.95 Å². The summed E-state index contributed by atoms with van der Waals surface area (Å²) in [6.07, 6.45) is -0.586. The van der Waals surface area contributed by atoms with Crippen molar-refractivity contribution >= 4 is 34.5 Å². The molecule has 0 aromatic carbocycles. The first-order valence-electron chi connectivity index (χ1n) is 9.35. The smallest absolute Gasteiger partial charge is 0.337 e. The number of rotatable bonds is 4. The zero-order valence-corrected chi connectivity index (χ0v) is 17.9. The molecular formula is C20H14ClF3N6OS. The predicted octanol–water partition coefficient (Wildman–Crippen LogP) is 3.98. The fourth-order valence-electron chi connectivity index (χ4n) is 3.17. The molecule has 3 aromatic rings. The van der Waals surface area contributed by atoms with Crippen molar-refractivity contribution in [3.8, 4) is 6.07 Å². The third-order valence-electron chi connectivity index (χ3n) is 4.81. The highest BCUT2D eigenvalue weighted by atomic mass is 35.5. The maximum absolute atomic E-state index is 12.8. The van der Waals surface area contributed by atoms with E-state index in [0.29, 0.717) is 47.0 Å². The molecule has 0 aliphatic carbocycles. The van der Waals surface area contributed by atoms with Crippen LogP contribution in [0.5, 0.6) is 0 Å². The van der Waals surface area contributed by atoms with Gasteiger partial charge >= 0.3 is 11.9 Å². The second-order valence-electron chi connectivity index (χ2n) is 6.90. The summed E-state index contributed by atoms with van der Waals surface area (Å²) in [5.41, 5.74) is 1.35. The van der Waals surface area contributed by atoms with Crippen LogP contribution in [0, 0.1) is 11.3 Å². The van der Waals surface area contributed by atoms with Crippen molar-refractivity contribution in [2.75, 3.05) is 18.0 Å². The second kappa shape index (κ2) is 8.72. The van der Waals surface area contributed by atoms with E-state index in [2.05, 4.69) is 15.0 Å². The Morgan fingerprint density at radius 3 is 2.62 bits per heavy atom. The zero-order valence-electron chi connectivity index (χ0n) is 16.3. The summed E-state index contributed by atoms with van der Waals surface area (Å²) in [7, 11) is 0. The minimum atomic E-state index is -4.41. The number of nitrogens with zero attached hydrogens (tertiary/aromatic N) is 6. The first-order valence-corrected chi connectivity index (χ1v) is 10.5. The number of anilines is 1. The molecule has 0 spiro atoms. The molecule has 1 aliphatic rings. The molecule has 32 heavy (non-hydrogen) atoms. The van der Waals surface area contributed by atoms with Crippen molar-refractivity contribution in [3.63, 3.8) is 0 Å². The second-order valence-corrected chi connectivity index (χ2v) is 8.43. The molecule has 4 heterocycles. The molecule has 164 valence electrons. The number of halogens is 4. The molecule has 0 radical (unpaired) electrons. The topological polar surface area (TPSA) is 87.7 Å². The highest BCUT2D eigenvalue weighted by molar-refractivity contribution is 7.12. The number of aromatic nitrogens is 4. The fraction of sp³-hybridized carbons (Fsp3) is 0.250. The Morgan fingerprint density at radius 2 is 2.03 bits per heavy atom. The van der Waals surface area contributed by atoms with Crippen LogP contribution in [0.1, 0.15) is 27.4 Å². The van der Waals surface area contributed by atoms with Gasteiger partial charge < -0.3 is 4.90 Å². The monoisotopic (exact) mass is 478 g/mol. The normalized spacial score (nSPS) is 14.2. The van der Waals surface area contributed by atoms with Crippen LogP contribution >= 0.6 is 22.9 Å². The van der Waals surface area contributed by atoms with E-state index in [1.54, 1.807) is 12.1 Å². The number of hydrogen-bond donors (Lipinski definition) is 0. The van der Waals surface area contributed by atoms with Crippen molar-refractivity contribution in [2.45, 2.75) is 19.1 Å². The molecule has 4 rings (SSSR count). The van der Waals surface area contributed by atoms with Gasteiger partial charge in [-0.1, -0.05) is 17.7 Å². The lowest BCUT2D eigenvalue weighted by molar-refractivity contribution is -0.134. The van der Waals surface area contributed by atoms with Crippen LogP contribution in [0.25, 0.3) is 5.57 Å². The Hall–Kier alpha value is -3.23. The van der Waals surface area contributed by atoms with Gasteiger partial charge in [-0.25, -0.2) is 14.8 Å². The highest BCUT2D eigenvalue weighted by Crippen LogP contribution is 2.34. The highest BCUT2D eigenvalue weighted by Gasteiger charge is 2.32. The van der Waals surface area contributed by atoms with Crippen molar-refractivity contribution < 1.29 is 13.2 Å². The van der Waals surface area contributed by atoms with E-state index in [4.69, 9.17) is 16.9 Å². The molecule has 1 aliphatic heterocycles. The van der Waals surface area contributed by atoms with Gasteiger partial charge in [0.1, 0.15) is 22.4 Å². The maximum Gasteiger partial charge on any atom is 0.425 e. The number of alkyl halides is 3. The van der Waals surface area contributed by atoms with Gasteiger partial charge in [0.15, 0.2) is 0 Å². The molecule has 0 amide bonds. The average molecular weight is 479 g/mol. The summed E-state index contributed by atoms with van der Waals surface area (Å²) in [6, 6.07) is 7.65. The number of nitriles is 1. The summed E-state index contributed by atoms with van der Waals surface area (Å²) < 4.78 is 39.4. The van der Waals surface area contributed by atoms with Gasteiger partial charge in [0.05, 0.1) is 17.8 Å². The van der Waals surface area contributed by atoms with Crippen LogP contribution < -0.4 is 10.6 Å². The van der Waals surface area contributed by atoms with Crippen LogP contribution in [-0.2, 0) is 12.7 Å². The quantitative estimate of drug-likeness (QED) is 0.527. The van der Waals surface area contributed by atoms with E-state index in [9.17, 15) is 18.0 Å². The third kappa shape index (κ3) is 4.66. The third-order valence-corrected chi connectivity index (χ3v) is 6.21. The summed E-state index contributed by atoms with van der Waals surface area (Å²) in [5.74, 6) is 0.245. The Balaban J connectivity index is 1.46. The van der Waals surface area contributed by atoms with Gasteiger partial charge in [-0.05, 0) is 36.3 Å². The summed E-state index contributed by atoms with van der Waals surface area (Å²) in [6.45, 7) is 0.946. The van der Waals surface area contributed by atoms with E-state index in [0.717, 1.165) is 11.6 Å². The Labute approximate surface area is 189 Å². The Kier molecular flexibility index (Phi) is 5.99. The van der Waals surface area contributed by atoms with Gasteiger partial charge in [-0.2, -0.15) is 23.4 Å². The molecule has 0 saturated carbocycles. The lowest BCUT2D eigenvalue weighted by Crippen LogP contribution is -2.34. The first kappa shape index (κ1) is 22.0. The fourth-order valence-corrected chi connectivity index (χ4v) is 4.24. The molecular weight excluding hydrogens is 465 g/mol. The van der Waals surface area contributed by atoms with Crippen LogP contribution in [0.3, 0.4) is 0 Å². The van der Waals surface area contributed by atoms with Crippen molar-refractivity contribution in [3.05, 3.63) is 73.3 Å². The van der Waals surface area contributed by atoms with Crippen LogP contribution in [0.2, 0.25) is 5.15 Å². The van der Waals surface area contributed by atoms with E-state index in [-0.39, 0.29) is 17.6 Å². The van der Waals surface area contributed by atoms with Crippen molar-refractivity contribution in [1.82, 2.24) is 19.5 Å². The number of pyridine rings is 1. The van der Waals surface area contributed by atoms with Crippen LogP contribution in [-0.4, -0.2) is 32.6 Å². The van der Waals surface area contributed by atoms with Crippen LogP contribution in [0.4, 0.5) is 19.1 Å². The van der Waals surface area contributed by atoms with Crippen molar-refractivity contribution in [1.29, 1.82) is 5.26 Å². The van der Waals surface area contributed by atoms with Gasteiger partial charge in [-0.15, -0.1) is 11.3 Å². The zero-order chi connectivity index (χ0) is 22.9. The summed E-state index contributed by atoms with van der Waals surface area (Å²) >= 11 is 6.59. The standard InChI is InChI=1S/C20H14ClF3N6OS/c21-17-13(9-25)1-3-15(27-17)12-5-7-29(8-6-12)18-26-11-30(19(31)28-18)10-14-2-4-16(32-14)20(22,23)24/h1-5,11H,6-8,10H2. The predicted molar refractivity (Wildman–Crippen MR) is 113 cm³/mol. The first-order chi connectivity index (χ1) is 15.2. The number of thiophene rings is 1. The Morgan fingerprint density at radius 1 is 1.22 bits per heavy atom. The summed E-state index contributed by atoms with van der Waals surface area (Å²) in [5, 5.41) is 9.10. The Bertz CT molecular complexity index is 1290. The molecule has 12 heteroatoms.